The second-order valence-electron chi connectivity index (χ2n) is 1.84. The summed E-state index contributed by atoms with van der Waals surface area (Å²) in [7, 11) is 0. The van der Waals surface area contributed by atoms with Crippen LogP contribution >= 0.6 is 0 Å². The molecule has 0 rings (SSSR count). The molecule has 0 aromatic rings. The lowest BCUT2D eigenvalue weighted by Gasteiger charge is -2.04. The molecule has 0 saturated carbocycles. The molecule has 0 amide bonds. The molecule has 0 fully saturated rings. The van der Waals surface area contributed by atoms with Crippen molar-refractivity contribution in [2.45, 2.75) is 6.04 Å². The van der Waals surface area contributed by atoms with Crippen LogP contribution in [0, 0.1) is 5.39 Å². The number of ether oxygens (including phenoxy) is 1. The predicted molar refractivity (Wildman–Crippen MR) is 37.4 cm³/mol. The molecule has 7 heteroatoms. The van der Waals surface area contributed by atoms with E-state index >= 15 is 0 Å². The van der Waals surface area contributed by atoms with E-state index in [2.05, 4.69) is 9.71 Å². The number of rotatable bonds is 4. The molecule has 0 aromatic heterocycles. The summed E-state index contributed by atoms with van der Waals surface area (Å²) in [5.41, 5.74) is 5.00. The lowest BCUT2D eigenvalue weighted by molar-refractivity contribution is -0.139. The van der Waals surface area contributed by atoms with E-state index in [-0.39, 0.29) is 0 Å². The number of hydrogen-bond acceptors (Lipinski definition) is 5. The minimum absolute atomic E-state index is 0.396. The zero-order chi connectivity index (χ0) is 9.56. The molecule has 0 bridgehead atoms. The average molecular weight is 174 g/mol. The Balaban J connectivity index is 3.78. The highest BCUT2D eigenvalue weighted by molar-refractivity contribution is 5.73. The predicted octanol–water partition coefficient (Wildman–Crippen LogP) is -0.375. The van der Waals surface area contributed by atoms with Gasteiger partial charge < -0.3 is 20.7 Å². The Labute approximate surface area is 67.7 Å². The van der Waals surface area contributed by atoms with Crippen molar-refractivity contribution in [2.24, 2.45) is 5.73 Å². The number of nitrogens with zero attached hydrogens (tertiary/aromatic N) is 2. The zero-order valence-electron chi connectivity index (χ0n) is 6.04. The topological polar surface area (TPSA) is 121 Å². The van der Waals surface area contributed by atoms with Crippen LogP contribution in [0.15, 0.2) is 12.1 Å². The van der Waals surface area contributed by atoms with Crippen molar-refractivity contribution in [2.75, 3.05) is 6.61 Å². The van der Waals surface area contributed by atoms with Gasteiger partial charge in [-0.15, -0.1) is 0 Å². The van der Waals surface area contributed by atoms with Gasteiger partial charge in [-0.05, 0) is 0 Å². The molecule has 0 aromatic carbocycles. The van der Waals surface area contributed by atoms with Gasteiger partial charge in [0.05, 0.1) is 0 Å². The van der Waals surface area contributed by atoms with E-state index in [1.807, 2.05) is 0 Å². The molecule has 0 aliphatic heterocycles. The van der Waals surface area contributed by atoms with Crippen molar-refractivity contribution in [1.29, 1.82) is 5.39 Å². The largest absolute Gasteiger partial charge is 0.480 e. The molecule has 1 unspecified atom stereocenters. The van der Waals surface area contributed by atoms with Gasteiger partial charge in [0.15, 0.2) is 4.98 Å². The van der Waals surface area contributed by atoms with Crippen molar-refractivity contribution >= 4 is 5.97 Å². The number of aliphatic hydroxyl groups is 1. The summed E-state index contributed by atoms with van der Waals surface area (Å²) in [6, 6.07) is -1.22. The summed E-state index contributed by atoms with van der Waals surface area (Å²) in [5.74, 6) is -1.95. The minimum atomic E-state index is -1.25. The molecule has 0 heterocycles. The van der Waals surface area contributed by atoms with Crippen molar-refractivity contribution < 1.29 is 19.7 Å². The molecule has 0 radical (unpaired) electrons. The van der Waals surface area contributed by atoms with Crippen molar-refractivity contribution in [1.82, 2.24) is 0 Å². The van der Waals surface area contributed by atoms with Crippen LogP contribution in [-0.2, 0) is 9.53 Å². The smallest absolute Gasteiger partial charge is 0.429 e. The van der Waals surface area contributed by atoms with Gasteiger partial charge in [0.25, 0.3) is 0 Å². The fraction of sp³-hybridized carbons (Fsp3) is 0.400. The zero-order valence-corrected chi connectivity index (χ0v) is 6.04. The van der Waals surface area contributed by atoms with Crippen LogP contribution in [0.2, 0.25) is 0 Å². The number of carbonyl (C=O) groups is 1. The lowest BCUT2D eigenvalue weighted by atomic mass is 10.3. The Hall–Kier alpha value is -1.81. The molecule has 1 atom stereocenters. The van der Waals surface area contributed by atoms with Gasteiger partial charge >= 0.3 is 18.1 Å². The molecule has 0 aliphatic rings. The Bertz CT molecular complexity index is 231. The van der Waals surface area contributed by atoms with Crippen LogP contribution in [0.3, 0.4) is 0 Å². The Morgan fingerprint density at radius 3 is 2.75 bits per heavy atom. The summed E-state index contributed by atoms with van der Waals surface area (Å²) in [4.78, 5) is 12.5. The first kappa shape index (κ1) is 10.2. The summed E-state index contributed by atoms with van der Waals surface area (Å²) in [6.45, 7) is -0.396. The van der Waals surface area contributed by atoms with Crippen LogP contribution < -0.4 is 5.73 Å². The van der Waals surface area contributed by atoms with Gasteiger partial charge in [-0.1, -0.05) is 0 Å². The Morgan fingerprint density at radius 1 is 1.75 bits per heavy atom. The molecule has 0 aliphatic carbocycles. The van der Waals surface area contributed by atoms with Crippen molar-refractivity contribution in [3.05, 3.63) is 17.1 Å². The molecule has 0 saturated heterocycles. The van der Waals surface area contributed by atoms with Gasteiger partial charge in [0.1, 0.15) is 12.6 Å². The van der Waals surface area contributed by atoms with Gasteiger partial charge in [0.2, 0.25) is 5.39 Å². The van der Waals surface area contributed by atoms with Gasteiger partial charge in [0, 0.05) is 0 Å². The first-order valence-electron chi connectivity index (χ1n) is 2.92. The van der Waals surface area contributed by atoms with E-state index in [4.69, 9.17) is 21.3 Å². The Morgan fingerprint density at radius 2 is 2.33 bits per heavy atom. The summed E-state index contributed by atoms with van der Waals surface area (Å²) in [6.07, 6.45) is 0.606. The van der Waals surface area contributed by atoms with Crippen LogP contribution in [0.4, 0.5) is 0 Å². The summed E-state index contributed by atoms with van der Waals surface area (Å²) >= 11 is 0. The molecular weight excluding hydrogens is 166 g/mol. The van der Waals surface area contributed by atoms with Gasteiger partial charge in [-0.2, -0.15) is 0 Å². The van der Waals surface area contributed by atoms with E-state index in [9.17, 15) is 4.79 Å². The summed E-state index contributed by atoms with van der Waals surface area (Å²) in [5, 5.41) is 24.7. The van der Waals surface area contributed by atoms with Gasteiger partial charge in [-0.3, -0.25) is 4.79 Å². The normalized spacial score (nSPS) is 13.2. The monoisotopic (exact) mass is 174 g/mol. The highest BCUT2D eigenvalue weighted by Crippen LogP contribution is 1.93. The third-order valence-electron chi connectivity index (χ3n) is 0.896. The first-order valence-corrected chi connectivity index (χ1v) is 2.92. The number of carboxylic acids is 1. The van der Waals surface area contributed by atoms with E-state index in [0.717, 1.165) is 0 Å². The number of nitrogens with two attached hydrogens (primary N) is 1. The maximum absolute atomic E-state index is 10.1. The lowest BCUT2D eigenvalue weighted by Crippen LogP contribution is -2.34. The quantitative estimate of drug-likeness (QED) is 0.394. The molecule has 66 valence electrons. The van der Waals surface area contributed by atoms with Crippen LogP contribution in [0.1, 0.15) is 0 Å². The van der Waals surface area contributed by atoms with Gasteiger partial charge in [-0.25, -0.2) is 0 Å². The highest BCUT2D eigenvalue weighted by Gasteiger charge is 2.13. The third-order valence-corrected chi connectivity index (χ3v) is 0.896. The second kappa shape index (κ2) is 4.92. The summed E-state index contributed by atoms with van der Waals surface area (Å²) < 4.78 is 4.36. The molecule has 12 heavy (non-hydrogen) atoms. The van der Waals surface area contributed by atoms with E-state index in [1.54, 1.807) is 0 Å². The first-order chi connectivity index (χ1) is 5.57. The molecule has 0 spiro atoms. The molecular formula is C5H8N3O4+. The highest BCUT2D eigenvalue weighted by atomic mass is 16.6. The number of carboxylic acid groups (broad SMARTS) is 1. The van der Waals surface area contributed by atoms with Crippen LogP contribution in [0.5, 0.6) is 0 Å². The van der Waals surface area contributed by atoms with E-state index < -0.39 is 24.6 Å². The fourth-order valence-corrected chi connectivity index (χ4v) is 0.333. The minimum Gasteiger partial charge on any atom is -0.480 e. The number of aliphatic carboxylic acids is 1. The molecule has 4 N–H and O–H groups in total. The van der Waals surface area contributed by atoms with Crippen molar-refractivity contribution in [3.63, 3.8) is 0 Å². The maximum Gasteiger partial charge on any atom is 0.429 e. The molecule has 7 nitrogen and oxygen atoms in total. The average Bonchev–Trinajstić information content (AvgIpc) is 2.00. The fourth-order valence-electron chi connectivity index (χ4n) is 0.333. The van der Waals surface area contributed by atoms with Crippen molar-refractivity contribution in [3.8, 4) is 0 Å². The van der Waals surface area contributed by atoms with E-state index in [0.29, 0.717) is 6.20 Å². The standard InChI is InChI=1S/C5H7N3O4/c6-3(5(10)11)2-12-4(9)1-8-7/h1,3H,2,6H2,(H-,9,10,11)/p+1/b4-1-. The number of aliphatic hydroxyl groups excluding tert-OH is 1. The maximum atomic E-state index is 10.1. The number of hydrogen-bond donors (Lipinski definition) is 3. The number of diazo groups is 1. The van der Waals surface area contributed by atoms with Crippen LogP contribution in [0.25, 0.3) is 4.98 Å². The van der Waals surface area contributed by atoms with E-state index in [1.165, 1.54) is 0 Å². The van der Waals surface area contributed by atoms with Crippen LogP contribution in [-0.4, -0.2) is 28.8 Å². The third kappa shape index (κ3) is 4.08. The SMILES string of the molecule is N#[N+]/C=C(/O)OCC(N)C(=O)O. The second-order valence-corrected chi connectivity index (χ2v) is 1.84. The Kier molecular flexibility index (Phi) is 4.18.